The van der Waals surface area contributed by atoms with Crippen LogP contribution in [0.4, 0.5) is 0 Å². The van der Waals surface area contributed by atoms with Crippen molar-refractivity contribution < 1.29 is 80.2 Å². The lowest BCUT2D eigenvalue weighted by atomic mass is 10.00. The minimum absolute atomic E-state index is 0.101. The van der Waals surface area contributed by atoms with Crippen molar-refractivity contribution in [2.24, 2.45) is 5.92 Å². The number of aliphatic hydroxyl groups is 1. The number of unbranched alkanes of at least 4 members (excludes halogenated alkanes) is 37. The maximum Gasteiger partial charge on any atom is 0.472 e. The molecule has 0 spiro atoms. The first kappa shape index (κ1) is 87.5. The summed E-state index contributed by atoms with van der Waals surface area (Å²) in [5.74, 6) is -1.44. The van der Waals surface area contributed by atoms with E-state index < -0.39 is 97.5 Å². The third kappa shape index (κ3) is 63.0. The Morgan fingerprint density at radius 1 is 0.356 bits per heavy atom. The summed E-state index contributed by atoms with van der Waals surface area (Å²) in [6.07, 6.45) is 53.6. The lowest BCUT2D eigenvalue weighted by Gasteiger charge is -2.21. The fraction of sp³-hybridized carbons (Fsp3) is 0.887. The summed E-state index contributed by atoms with van der Waals surface area (Å²) < 4.78 is 68.2. The molecule has 0 aromatic rings. The van der Waals surface area contributed by atoms with Gasteiger partial charge in [0.05, 0.1) is 26.4 Å². The molecule has 0 saturated carbocycles. The van der Waals surface area contributed by atoms with Gasteiger partial charge < -0.3 is 33.8 Å². The van der Waals surface area contributed by atoms with Crippen LogP contribution in [0.1, 0.15) is 343 Å². The quantitative estimate of drug-likeness (QED) is 0.0169. The van der Waals surface area contributed by atoms with Crippen LogP contribution in [0.3, 0.4) is 0 Å². The van der Waals surface area contributed by atoms with Crippen LogP contribution < -0.4 is 0 Å². The number of esters is 4. The zero-order valence-electron chi connectivity index (χ0n) is 57.8. The van der Waals surface area contributed by atoms with E-state index in [9.17, 15) is 43.2 Å². The van der Waals surface area contributed by atoms with Crippen LogP contribution in [0.25, 0.3) is 0 Å². The van der Waals surface area contributed by atoms with Crippen molar-refractivity contribution in [1.29, 1.82) is 0 Å². The molecule has 0 radical (unpaired) electrons. The van der Waals surface area contributed by atoms with Gasteiger partial charge in [0.25, 0.3) is 0 Å². The normalized spacial score (nSPS) is 14.5. The summed E-state index contributed by atoms with van der Waals surface area (Å²) in [6.45, 7) is 7.12. The molecule has 3 unspecified atom stereocenters. The summed E-state index contributed by atoms with van der Waals surface area (Å²) in [5.41, 5.74) is 0. The second-order valence-electron chi connectivity index (χ2n) is 25.2. The molecule has 530 valence electrons. The minimum atomic E-state index is -4.96. The highest BCUT2D eigenvalue weighted by Crippen LogP contribution is 2.45. The third-order valence-corrected chi connectivity index (χ3v) is 18.2. The molecule has 0 heterocycles. The zero-order chi connectivity index (χ0) is 66.3. The second kappa shape index (κ2) is 63.9. The van der Waals surface area contributed by atoms with Gasteiger partial charge in [-0.15, -0.1) is 0 Å². The van der Waals surface area contributed by atoms with Gasteiger partial charge in [-0.05, 0) is 57.3 Å². The fourth-order valence-corrected chi connectivity index (χ4v) is 11.8. The maximum atomic E-state index is 13.0. The van der Waals surface area contributed by atoms with Gasteiger partial charge in [-0.1, -0.05) is 290 Å². The summed E-state index contributed by atoms with van der Waals surface area (Å²) in [6, 6.07) is 0. The van der Waals surface area contributed by atoms with Gasteiger partial charge in [-0.25, -0.2) is 9.13 Å². The number of allylic oxidation sites excluding steroid dienone is 4. The van der Waals surface area contributed by atoms with E-state index in [1.165, 1.54) is 148 Å². The van der Waals surface area contributed by atoms with E-state index in [-0.39, 0.29) is 25.7 Å². The summed E-state index contributed by atoms with van der Waals surface area (Å²) in [7, 11) is -9.91. The van der Waals surface area contributed by atoms with Gasteiger partial charge >= 0.3 is 39.5 Å². The van der Waals surface area contributed by atoms with Crippen molar-refractivity contribution in [3.8, 4) is 0 Å². The molecule has 0 fully saturated rings. The van der Waals surface area contributed by atoms with Crippen molar-refractivity contribution in [2.45, 2.75) is 361 Å². The molecular weight excluding hydrogens is 1190 g/mol. The molecule has 0 rings (SSSR count). The Bertz CT molecular complexity index is 1830. The Kier molecular flexibility index (Phi) is 62.2. The highest BCUT2D eigenvalue weighted by molar-refractivity contribution is 7.47. The number of aliphatic hydroxyl groups excluding tert-OH is 1. The van der Waals surface area contributed by atoms with Crippen molar-refractivity contribution in [2.75, 3.05) is 39.6 Å². The number of hydrogen-bond acceptors (Lipinski definition) is 15. The molecule has 0 saturated heterocycles. The molecule has 0 bridgehead atoms. The molecule has 0 aromatic heterocycles. The summed E-state index contributed by atoms with van der Waals surface area (Å²) in [5, 5.41) is 10.6. The lowest BCUT2D eigenvalue weighted by molar-refractivity contribution is -0.161. The smallest absolute Gasteiger partial charge is 0.462 e. The zero-order valence-corrected chi connectivity index (χ0v) is 59.5. The molecule has 3 N–H and O–H groups in total. The molecule has 0 aliphatic rings. The second-order valence-corrected chi connectivity index (χ2v) is 28.1. The summed E-state index contributed by atoms with van der Waals surface area (Å²) in [4.78, 5) is 72.5. The molecule has 0 aliphatic heterocycles. The lowest BCUT2D eigenvalue weighted by Crippen LogP contribution is -2.30. The number of carbonyl (C=O) groups is 4. The Labute approximate surface area is 548 Å². The van der Waals surface area contributed by atoms with E-state index in [0.29, 0.717) is 25.7 Å². The first-order chi connectivity index (χ1) is 43.6. The molecule has 90 heavy (non-hydrogen) atoms. The Morgan fingerprint density at radius 3 is 0.944 bits per heavy atom. The van der Waals surface area contributed by atoms with Crippen LogP contribution >= 0.6 is 15.6 Å². The molecule has 17 nitrogen and oxygen atoms in total. The van der Waals surface area contributed by atoms with Gasteiger partial charge in [0.2, 0.25) is 0 Å². The molecular formula is C71H134O17P2. The molecule has 0 amide bonds. The van der Waals surface area contributed by atoms with Crippen LogP contribution in [0.5, 0.6) is 0 Å². The predicted molar refractivity (Wildman–Crippen MR) is 363 cm³/mol. The third-order valence-electron chi connectivity index (χ3n) is 16.3. The van der Waals surface area contributed by atoms with Crippen molar-refractivity contribution in [3.05, 3.63) is 24.3 Å². The first-order valence-electron chi connectivity index (χ1n) is 36.5. The molecule has 0 aromatic carbocycles. The van der Waals surface area contributed by atoms with Crippen LogP contribution in [0.2, 0.25) is 0 Å². The number of carbonyl (C=O) groups excluding carboxylic acids is 4. The minimum Gasteiger partial charge on any atom is -0.462 e. The van der Waals surface area contributed by atoms with E-state index in [1.807, 2.05) is 0 Å². The average molecular weight is 1320 g/mol. The van der Waals surface area contributed by atoms with Crippen molar-refractivity contribution in [3.63, 3.8) is 0 Å². The van der Waals surface area contributed by atoms with Crippen LogP contribution in [0, 0.1) is 5.92 Å². The van der Waals surface area contributed by atoms with Crippen molar-refractivity contribution >= 4 is 39.5 Å². The van der Waals surface area contributed by atoms with E-state index >= 15 is 0 Å². The van der Waals surface area contributed by atoms with Gasteiger partial charge in [-0.3, -0.25) is 37.3 Å². The monoisotopic (exact) mass is 1320 g/mol. The molecule has 19 heteroatoms. The predicted octanol–water partition coefficient (Wildman–Crippen LogP) is 20.1. The number of phosphoric ester groups is 2. The highest BCUT2D eigenvalue weighted by atomic mass is 31.2. The molecule has 6 atom stereocenters. The Hall–Kier alpha value is -2.46. The van der Waals surface area contributed by atoms with Crippen LogP contribution in [-0.2, 0) is 65.4 Å². The summed E-state index contributed by atoms with van der Waals surface area (Å²) >= 11 is 0. The van der Waals surface area contributed by atoms with Gasteiger partial charge in [-0.2, -0.15) is 0 Å². The maximum absolute atomic E-state index is 13.0. The standard InChI is InChI=1S/C71H134O17P2/c1-6-10-13-16-19-22-24-26-28-30-32-34-37-40-46-51-56-70(75)87-66(60-82-69(74)55-50-45-39-36-33-31-29-27-25-23-20-17-14-11-7-2)62-85-89(77,78)83-58-65(72)59-84-90(79,80)86-63-67(61-81-68(73)54-49-44-38-35-21-18-15-12-8-3)88-71(76)57-52-47-42-41-43-48-53-64(5)9-4/h23,25,27,29,64-67,72H,6-22,24,26,28,30-63H2,1-5H3,(H,77,78)(H,79,80)/b25-23-,29-27-/t64?,65-,66-,67-/m1/s1. The van der Waals surface area contributed by atoms with Crippen LogP contribution in [0.15, 0.2) is 24.3 Å². The number of ether oxygens (including phenoxy) is 4. The Balaban J connectivity index is 5.27. The number of phosphoric acid groups is 2. The fourth-order valence-electron chi connectivity index (χ4n) is 10.2. The van der Waals surface area contributed by atoms with Crippen molar-refractivity contribution in [1.82, 2.24) is 0 Å². The van der Waals surface area contributed by atoms with Gasteiger partial charge in [0.1, 0.15) is 19.3 Å². The van der Waals surface area contributed by atoms with E-state index in [4.69, 9.17) is 37.0 Å². The number of hydrogen-bond donors (Lipinski definition) is 3. The number of rotatable bonds is 69. The van der Waals surface area contributed by atoms with Gasteiger partial charge in [0.15, 0.2) is 12.2 Å². The van der Waals surface area contributed by atoms with E-state index in [1.54, 1.807) is 0 Å². The SMILES string of the molecule is CCCCCC/C=C\C=C/CCCCCCCC(=O)OC[C@H](COP(=O)(O)OC[C@@H](O)COP(=O)(O)OC[C@@H](COC(=O)CCCCCCCCCCC)OC(=O)CCCCCCCCC(C)CC)OC(=O)CCCCCCCCCCCCCCCCCC. The average Bonchev–Trinajstić information content (AvgIpc) is 3.69. The Morgan fingerprint density at radius 2 is 0.622 bits per heavy atom. The largest absolute Gasteiger partial charge is 0.472 e. The van der Waals surface area contributed by atoms with Crippen LogP contribution in [-0.4, -0.2) is 96.7 Å². The highest BCUT2D eigenvalue weighted by Gasteiger charge is 2.30. The first-order valence-corrected chi connectivity index (χ1v) is 39.5. The van der Waals surface area contributed by atoms with E-state index in [0.717, 1.165) is 115 Å². The topological polar surface area (TPSA) is 237 Å². The van der Waals surface area contributed by atoms with Gasteiger partial charge in [0, 0.05) is 25.7 Å². The van der Waals surface area contributed by atoms with E-state index in [2.05, 4.69) is 58.9 Å². The molecule has 0 aliphatic carbocycles.